The third kappa shape index (κ3) is 1.74. The highest BCUT2D eigenvalue weighted by atomic mass is 16.2. The molecule has 2 heterocycles. The summed E-state index contributed by atoms with van der Waals surface area (Å²) in [6.45, 7) is 0. The number of carbonyl (C=O) groups is 1. The molecule has 0 aliphatic carbocycles. The molecule has 2 aliphatic heterocycles. The van der Waals surface area contributed by atoms with Crippen molar-refractivity contribution in [3.05, 3.63) is 107 Å². The van der Waals surface area contributed by atoms with Crippen LogP contribution in [0.25, 0.3) is 5.70 Å². The molecule has 3 aromatic carbocycles. The topological polar surface area (TPSA) is 20.3 Å². The van der Waals surface area contributed by atoms with Crippen molar-refractivity contribution in [1.82, 2.24) is 0 Å². The molecule has 0 aromatic heterocycles. The molecular formula is C22H15NO. The zero-order valence-electron chi connectivity index (χ0n) is 13.0. The molecule has 114 valence electrons. The predicted octanol–water partition coefficient (Wildman–Crippen LogP) is 4.83. The maximum Gasteiger partial charge on any atom is 0.263 e. The van der Waals surface area contributed by atoms with Crippen molar-refractivity contribution in [1.29, 1.82) is 0 Å². The van der Waals surface area contributed by atoms with Gasteiger partial charge in [-0.1, -0.05) is 66.7 Å². The molecule has 1 amide bonds. The Morgan fingerprint density at radius 3 is 2.21 bits per heavy atom. The summed E-state index contributed by atoms with van der Waals surface area (Å²) in [5, 5.41) is 0. The lowest BCUT2D eigenvalue weighted by atomic mass is 9.86. The van der Waals surface area contributed by atoms with Crippen LogP contribution in [0.5, 0.6) is 0 Å². The summed E-state index contributed by atoms with van der Waals surface area (Å²) >= 11 is 0. The molecule has 24 heavy (non-hydrogen) atoms. The van der Waals surface area contributed by atoms with Gasteiger partial charge in [0.1, 0.15) is 0 Å². The van der Waals surface area contributed by atoms with Gasteiger partial charge in [0.2, 0.25) is 0 Å². The number of rotatable bonds is 1. The fraction of sp³-hybridized carbons (Fsp3) is 0.0455. The number of allylic oxidation sites excluding steroid dienone is 1. The van der Waals surface area contributed by atoms with Crippen molar-refractivity contribution < 1.29 is 4.79 Å². The Morgan fingerprint density at radius 2 is 1.38 bits per heavy atom. The minimum atomic E-state index is 0.0656. The Hall–Kier alpha value is -3.13. The SMILES string of the molecule is O=C1c2ccccc2C2=CC(c3ccccc3)c3ccccc3N12. The Labute approximate surface area is 140 Å². The fourth-order valence-corrected chi connectivity index (χ4v) is 3.78. The molecule has 0 fully saturated rings. The minimum absolute atomic E-state index is 0.0656. The Bertz CT molecular complexity index is 988. The summed E-state index contributed by atoms with van der Waals surface area (Å²) in [5.41, 5.74) is 6.22. The number of hydrogen-bond acceptors (Lipinski definition) is 1. The molecule has 3 aromatic rings. The molecule has 1 atom stereocenters. The third-order valence-electron chi connectivity index (χ3n) is 4.87. The number of benzene rings is 3. The summed E-state index contributed by atoms with van der Waals surface area (Å²) in [5.74, 6) is 0.225. The molecule has 0 spiro atoms. The van der Waals surface area contributed by atoms with E-state index in [9.17, 15) is 4.79 Å². The molecule has 2 aliphatic rings. The van der Waals surface area contributed by atoms with E-state index in [0.29, 0.717) is 0 Å². The van der Waals surface area contributed by atoms with Gasteiger partial charge in [-0.2, -0.15) is 0 Å². The zero-order valence-corrected chi connectivity index (χ0v) is 13.0. The Morgan fingerprint density at radius 1 is 0.708 bits per heavy atom. The van der Waals surface area contributed by atoms with E-state index in [4.69, 9.17) is 0 Å². The van der Waals surface area contributed by atoms with Gasteiger partial charge >= 0.3 is 0 Å². The van der Waals surface area contributed by atoms with Gasteiger partial charge in [0.05, 0.1) is 11.4 Å². The number of fused-ring (bicyclic) bond motifs is 5. The number of anilines is 1. The lowest BCUT2D eigenvalue weighted by Crippen LogP contribution is -2.27. The first-order chi connectivity index (χ1) is 11.8. The van der Waals surface area contributed by atoms with E-state index in [0.717, 1.165) is 22.5 Å². The Kier molecular flexibility index (Phi) is 2.74. The fourth-order valence-electron chi connectivity index (χ4n) is 3.78. The van der Waals surface area contributed by atoms with Crippen molar-refractivity contribution >= 4 is 17.3 Å². The summed E-state index contributed by atoms with van der Waals surface area (Å²) in [7, 11) is 0. The summed E-state index contributed by atoms with van der Waals surface area (Å²) < 4.78 is 0. The lowest BCUT2D eigenvalue weighted by Gasteiger charge is -2.30. The molecule has 0 N–H and O–H groups in total. The van der Waals surface area contributed by atoms with E-state index in [-0.39, 0.29) is 11.8 Å². The number of nitrogens with zero attached hydrogens (tertiary/aromatic N) is 1. The van der Waals surface area contributed by atoms with E-state index >= 15 is 0 Å². The molecule has 5 rings (SSSR count). The molecule has 2 heteroatoms. The average molecular weight is 309 g/mol. The van der Waals surface area contributed by atoms with Gasteiger partial charge in [0.15, 0.2) is 0 Å². The van der Waals surface area contributed by atoms with Gasteiger partial charge < -0.3 is 0 Å². The van der Waals surface area contributed by atoms with Gasteiger partial charge in [-0.15, -0.1) is 0 Å². The standard InChI is InChI=1S/C22H15NO/c24-22-18-12-5-4-10-16(18)21-14-19(15-8-2-1-3-9-15)17-11-6-7-13-20(17)23(21)22/h1-14,19H. The summed E-state index contributed by atoms with van der Waals surface area (Å²) in [6.07, 6.45) is 2.22. The first-order valence-corrected chi connectivity index (χ1v) is 8.14. The van der Waals surface area contributed by atoms with E-state index in [2.05, 4.69) is 36.4 Å². The van der Waals surface area contributed by atoms with Crippen molar-refractivity contribution in [2.45, 2.75) is 5.92 Å². The maximum absolute atomic E-state index is 12.9. The molecule has 0 saturated carbocycles. The van der Waals surface area contributed by atoms with Crippen molar-refractivity contribution in [3.8, 4) is 0 Å². The van der Waals surface area contributed by atoms with Crippen LogP contribution in [0.2, 0.25) is 0 Å². The Balaban J connectivity index is 1.79. The van der Waals surface area contributed by atoms with E-state index in [1.165, 1.54) is 11.1 Å². The quantitative estimate of drug-likeness (QED) is 0.630. The summed E-state index contributed by atoms with van der Waals surface area (Å²) in [4.78, 5) is 14.8. The van der Waals surface area contributed by atoms with Crippen LogP contribution in [0.15, 0.2) is 84.9 Å². The number of para-hydroxylation sites is 1. The maximum atomic E-state index is 12.9. The predicted molar refractivity (Wildman–Crippen MR) is 96.0 cm³/mol. The van der Waals surface area contributed by atoms with Gasteiger partial charge in [0.25, 0.3) is 5.91 Å². The molecule has 2 nitrogen and oxygen atoms in total. The van der Waals surface area contributed by atoms with Crippen LogP contribution in [-0.2, 0) is 0 Å². The smallest absolute Gasteiger partial charge is 0.263 e. The molecular weight excluding hydrogens is 294 g/mol. The highest BCUT2D eigenvalue weighted by Gasteiger charge is 2.38. The second kappa shape index (κ2) is 4.93. The van der Waals surface area contributed by atoms with Gasteiger partial charge in [-0.25, -0.2) is 0 Å². The van der Waals surface area contributed by atoms with Gasteiger partial charge in [-0.05, 0) is 29.3 Å². The third-order valence-corrected chi connectivity index (χ3v) is 4.87. The second-order valence-corrected chi connectivity index (χ2v) is 6.19. The lowest BCUT2D eigenvalue weighted by molar-refractivity contribution is 0.101. The van der Waals surface area contributed by atoms with Crippen LogP contribution in [0.4, 0.5) is 5.69 Å². The van der Waals surface area contributed by atoms with Crippen LogP contribution in [-0.4, -0.2) is 5.91 Å². The van der Waals surface area contributed by atoms with Crippen LogP contribution in [0, 0.1) is 0 Å². The number of amides is 1. The van der Waals surface area contributed by atoms with Crippen molar-refractivity contribution in [3.63, 3.8) is 0 Å². The molecule has 1 unspecified atom stereocenters. The van der Waals surface area contributed by atoms with Crippen LogP contribution in [0.1, 0.15) is 33.0 Å². The van der Waals surface area contributed by atoms with Gasteiger partial charge in [-0.3, -0.25) is 9.69 Å². The average Bonchev–Trinajstić information content (AvgIpc) is 2.95. The highest BCUT2D eigenvalue weighted by Crippen LogP contribution is 2.47. The van der Waals surface area contributed by atoms with E-state index < -0.39 is 0 Å². The van der Waals surface area contributed by atoms with Crippen molar-refractivity contribution in [2.75, 3.05) is 4.90 Å². The molecule has 0 radical (unpaired) electrons. The van der Waals surface area contributed by atoms with Crippen molar-refractivity contribution in [2.24, 2.45) is 0 Å². The van der Waals surface area contributed by atoms with E-state index in [1.807, 2.05) is 53.4 Å². The number of carbonyl (C=O) groups excluding carboxylic acids is 1. The minimum Gasteiger partial charge on any atom is -0.276 e. The monoisotopic (exact) mass is 309 g/mol. The van der Waals surface area contributed by atoms with Crippen LogP contribution < -0.4 is 4.90 Å². The zero-order chi connectivity index (χ0) is 16.1. The van der Waals surface area contributed by atoms with Gasteiger partial charge in [0, 0.05) is 17.0 Å². The normalized spacial score (nSPS) is 17.8. The second-order valence-electron chi connectivity index (χ2n) is 6.19. The van der Waals surface area contributed by atoms with Crippen LogP contribution in [0.3, 0.4) is 0 Å². The molecule has 0 bridgehead atoms. The van der Waals surface area contributed by atoms with E-state index in [1.54, 1.807) is 0 Å². The number of hydrogen-bond donors (Lipinski definition) is 0. The first-order valence-electron chi connectivity index (χ1n) is 8.14. The first kappa shape index (κ1) is 13.3. The largest absolute Gasteiger partial charge is 0.276 e. The molecule has 0 saturated heterocycles. The highest BCUT2D eigenvalue weighted by molar-refractivity contribution is 6.23. The summed E-state index contributed by atoms with van der Waals surface area (Å²) in [6, 6.07) is 26.5. The van der Waals surface area contributed by atoms with Crippen LogP contribution >= 0.6 is 0 Å².